The third-order valence-corrected chi connectivity index (χ3v) is 1.77. The van der Waals surface area contributed by atoms with E-state index < -0.39 is 4.92 Å². The summed E-state index contributed by atoms with van der Waals surface area (Å²) < 4.78 is 4.81. The van der Waals surface area contributed by atoms with Gasteiger partial charge in [0, 0.05) is 6.07 Å². The highest BCUT2D eigenvalue weighted by Crippen LogP contribution is 2.30. The molecule has 0 spiro atoms. The van der Waals surface area contributed by atoms with Gasteiger partial charge in [-0.15, -0.1) is 0 Å². The van der Waals surface area contributed by atoms with Gasteiger partial charge in [-0.25, -0.2) is 0 Å². The first-order valence-electron chi connectivity index (χ1n) is 3.88. The van der Waals surface area contributed by atoms with Crippen molar-refractivity contribution in [1.82, 2.24) is 0 Å². The molecular weight excluding hydrogens is 186 g/mol. The van der Waals surface area contributed by atoms with Crippen molar-refractivity contribution in [3.63, 3.8) is 0 Å². The summed E-state index contributed by atoms with van der Waals surface area (Å²) in [5.41, 5.74) is 0.661. The molecule has 0 atom stereocenters. The van der Waals surface area contributed by atoms with Crippen LogP contribution in [-0.4, -0.2) is 18.3 Å². The quantitative estimate of drug-likeness (QED) is 0.418. The molecule has 0 fully saturated rings. The number of aldehydes is 1. The fourth-order valence-electron chi connectivity index (χ4n) is 1.23. The number of ether oxygens (including phenoxy) is 1. The number of carbonyl (C=O) groups is 1. The first-order chi connectivity index (χ1) is 6.60. The second kappa shape index (κ2) is 3.87. The average molecular weight is 195 g/mol. The van der Waals surface area contributed by atoms with Gasteiger partial charge >= 0.3 is 5.69 Å². The number of aryl methyl sites for hydroxylation is 1. The van der Waals surface area contributed by atoms with E-state index in [2.05, 4.69) is 0 Å². The Morgan fingerprint density at radius 2 is 2.14 bits per heavy atom. The van der Waals surface area contributed by atoms with Crippen LogP contribution in [0.3, 0.4) is 0 Å². The number of rotatable bonds is 3. The van der Waals surface area contributed by atoms with Gasteiger partial charge in [-0.2, -0.15) is 0 Å². The Bertz CT molecular complexity index is 387. The molecule has 0 N–H and O–H groups in total. The number of nitro groups is 1. The second-order valence-electron chi connectivity index (χ2n) is 2.78. The highest BCUT2D eigenvalue weighted by Gasteiger charge is 2.18. The lowest BCUT2D eigenvalue weighted by Gasteiger charge is -2.05. The summed E-state index contributed by atoms with van der Waals surface area (Å²) in [6.07, 6.45) is 0.541. The lowest BCUT2D eigenvalue weighted by atomic mass is 10.1. The number of hydrogen-bond acceptors (Lipinski definition) is 4. The smallest absolute Gasteiger partial charge is 0.311 e. The molecule has 5 nitrogen and oxygen atoms in total. The molecule has 0 amide bonds. The molecule has 1 aromatic rings. The SMILES string of the molecule is COc1c(C=O)cc(C)cc1[N+](=O)[O-]. The van der Waals surface area contributed by atoms with Crippen molar-refractivity contribution in [2.75, 3.05) is 7.11 Å². The van der Waals surface area contributed by atoms with Crippen molar-refractivity contribution in [2.24, 2.45) is 0 Å². The number of carbonyl (C=O) groups excluding carboxylic acids is 1. The number of nitro benzene ring substituents is 1. The number of methoxy groups -OCH3 is 1. The number of benzene rings is 1. The van der Waals surface area contributed by atoms with Gasteiger partial charge in [0.15, 0.2) is 6.29 Å². The van der Waals surface area contributed by atoms with E-state index in [-0.39, 0.29) is 17.0 Å². The van der Waals surface area contributed by atoms with Crippen molar-refractivity contribution in [3.05, 3.63) is 33.4 Å². The van der Waals surface area contributed by atoms with Gasteiger partial charge in [0.1, 0.15) is 0 Å². The third-order valence-electron chi connectivity index (χ3n) is 1.77. The zero-order valence-electron chi connectivity index (χ0n) is 7.81. The topological polar surface area (TPSA) is 69.4 Å². The first kappa shape index (κ1) is 10.2. The van der Waals surface area contributed by atoms with Crippen LogP contribution in [-0.2, 0) is 0 Å². The van der Waals surface area contributed by atoms with Gasteiger partial charge in [-0.05, 0) is 18.6 Å². The van der Waals surface area contributed by atoms with Crippen LogP contribution in [0.25, 0.3) is 0 Å². The minimum absolute atomic E-state index is 0.00981. The molecule has 0 heterocycles. The fourth-order valence-corrected chi connectivity index (χ4v) is 1.23. The van der Waals surface area contributed by atoms with Crippen LogP contribution in [0, 0.1) is 17.0 Å². The zero-order valence-corrected chi connectivity index (χ0v) is 7.81. The molecule has 0 saturated heterocycles. The summed E-state index contributed by atoms with van der Waals surface area (Å²) in [6.45, 7) is 1.68. The Balaban J connectivity index is 3.46. The highest BCUT2D eigenvalue weighted by atomic mass is 16.6. The Kier molecular flexibility index (Phi) is 2.81. The minimum atomic E-state index is -0.571. The van der Waals surface area contributed by atoms with Gasteiger partial charge in [0.2, 0.25) is 5.75 Å². The zero-order chi connectivity index (χ0) is 10.7. The van der Waals surface area contributed by atoms with Crippen LogP contribution >= 0.6 is 0 Å². The Labute approximate surface area is 80.5 Å². The van der Waals surface area contributed by atoms with E-state index in [1.807, 2.05) is 0 Å². The van der Waals surface area contributed by atoms with E-state index >= 15 is 0 Å². The van der Waals surface area contributed by atoms with E-state index in [4.69, 9.17) is 4.74 Å². The fraction of sp³-hybridized carbons (Fsp3) is 0.222. The summed E-state index contributed by atoms with van der Waals surface area (Å²) in [6, 6.07) is 2.91. The van der Waals surface area contributed by atoms with Crippen LogP contribution in [0.15, 0.2) is 12.1 Å². The predicted octanol–water partition coefficient (Wildman–Crippen LogP) is 1.72. The van der Waals surface area contributed by atoms with Gasteiger partial charge in [0.05, 0.1) is 17.6 Å². The van der Waals surface area contributed by atoms with Gasteiger partial charge in [-0.1, -0.05) is 0 Å². The molecule has 5 heteroatoms. The summed E-state index contributed by atoms with van der Waals surface area (Å²) in [5.74, 6) is 0.00981. The standard InChI is InChI=1S/C9H9NO4/c1-6-3-7(5-11)9(14-2)8(4-6)10(12)13/h3-5H,1-2H3. The van der Waals surface area contributed by atoms with Gasteiger partial charge < -0.3 is 4.74 Å². The molecule has 0 bridgehead atoms. The van der Waals surface area contributed by atoms with Crippen molar-refractivity contribution in [3.8, 4) is 5.75 Å². The van der Waals surface area contributed by atoms with E-state index in [9.17, 15) is 14.9 Å². The average Bonchev–Trinajstić information content (AvgIpc) is 2.16. The van der Waals surface area contributed by atoms with Crippen LogP contribution in [0.1, 0.15) is 15.9 Å². The molecule has 0 aliphatic carbocycles. The van der Waals surface area contributed by atoms with E-state index in [0.29, 0.717) is 11.8 Å². The van der Waals surface area contributed by atoms with Crippen molar-refractivity contribution >= 4 is 12.0 Å². The maximum atomic E-state index is 10.6. The lowest BCUT2D eigenvalue weighted by molar-refractivity contribution is -0.385. The largest absolute Gasteiger partial charge is 0.490 e. The highest BCUT2D eigenvalue weighted by molar-refractivity contribution is 5.82. The summed E-state index contributed by atoms with van der Waals surface area (Å²) in [4.78, 5) is 20.7. The van der Waals surface area contributed by atoms with Gasteiger partial charge in [-0.3, -0.25) is 14.9 Å². The number of nitrogens with zero attached hydrogens (tertiary/aromatic N) is 1. The second-order valence-corrected chi connectivity index (χ2v) is 2.78. The van der Waals surface area contributed by atoms with Gasteiger partial charge in [0.25, 0.3) is 0 Å². The molecule has 1 rings (SSSR count). The molecule has 0 saturated carbocycles. The Morgan fingerprint density at radius 3 is 2.57 bits per heavy atom. The molecule has 0 unspecified atom stereocenters. The third kappa shape index (κ3) is 1.71. The maximum absolute atomic E-state index is 10.6. The van der Waals surface area contributed by atoms with E-state index in [0.717, 1.165) is 0 Å². The molecule has 0 aliphatic heterocycles. The monoisotopic (exact) mass is 195 g/mol. The normalized spacial score (nSPS) is 9.57. The lowest BCUT2D eigenvalue weighted by Crippen LogP contribution is -1.98. The first-order valence-corrected chi connectivity index (χ1v) is 3.88. The Hall–Kier alpha value is -1.91. The molecular formula is C9H9NO4. The molecule has 0 aromatic heterocycles. The maximum Gasteiger partial charge on any atom is 0.311 e. The summed E-state index contributed by atoms with van der Waals surface area (Å²) in [7, 11) is 1.30. The molecule has 1 aromatic carbocycles. The van der Waals surface area contributed by atoms with Crippen molar-refractivity contribution in [1.29, 1.82) is 0 Å². The Morgan fingerprint density at radius 1 is 1.50 bits per heavy atom. The predicted molar refractivity (Wildman–Crippen MR) is 49.8 cm³/mol. The van der Waals surface area contributed by atoms with E-state index in [1.54, 1.807) is 13.0 Å². The van der Waals surface area contributed by atoms with Crippen LogP contribution < -0.4 is 4.74 Å². The molecule has 0 radical (unpaired) electrons. The summed E-state index contributed by atoms with van der Waals surface area (Å²) >= 11 is 0. The van der Waals surface area contributed by atoms with Crippen LogP contribution in [0.5, 0.6) is 5.75 Å². The minimum Gasteiger partial charge on any atom is -0.490 e. The van der Waals surface area contributed by atoms with Crippen LogP contribution in [0.4, 0.5) is 5.69 Å². The van der Waals surface area contributed by atoms with Crippen LogP contribution in [0.2, 0.25) is 0 Å². The number of hydrogen-bond donors (Lipinski definition) is 0. The molecule has 74 valence electrons. The van der Waals surface area contributed by atoms with Crippen molar-refractivity contribution < 1.29 is 14.5 Å². The molecule has 14 heavy (non-hydrogen) atoms. The molecule has 0 aliphatic rings. The summed E-state index contributed by atoms with van der Waals surface area (Å²) in [5, 5.41) is 10.6. The van der Waals surface area contributed by atoms with Crippen molar-refractivity contribution in [2.45, 2.75) is 6.92 Å². The van der Waals surface area contributed by atoms with E-state index in [1.165, 1.54) is 13.2 Å².